The van der Waals surface area contributed by atoms with Crippen LogP contribution in [0.3, 0.4) is 0 Å². The van der Waals surface area contributed by atoms with Gasteiger partial charge in [-0.2, -0.15) is 8.78 Å². The van der Waals surface area contributed by atoms with E-state index in [4.69, 9.17) is 9.47 Å². The van der Waals surface area contributed by atoms with E-state index in [0.717, 1.165) is 48.3 Å². The Hall–Kier alpha value is -1.26. The normalized spacial score (nSPS) is 41.8. The monoisotopic (exact) mass is 478 g/mol. The highest BCUT2D eigenvalue weighted by atomic mass is 127. The SMILES string of the molecule is O=C(OC12CC3(COC(=O)C(F)(F)I)CC4CC1(C2)C4C3)n1ccnc1. The van der Waals surface area contributed by atoms with Crippen molar-refractivity contribution in [3.63, 3.8) is 0 Å². The number of carbonyl (C=O) groups excluding carboxylic acids is 2. The van der Waals surface area contributed by atoms with Gasteiger partial charge in [-0.25, -0.2) is 19.1 Å². The highest BCUT2D eigenvalue weighted by Gasteiger charge is 2.86. The zero-order valence-corrected chi connectivity index (χ0v) is 15.9. The third kappa shape index (κ3) is 2.15. The molecule has 1 aromatic heterocycles. The molecule has 0 radical (unpaired) electrons. The molecule has 5 rings (SSSR count). The highest BCUT2D eigenvalue weighted by Crippen LogP contribution is 2.86. The Morgan fingerprint density at radius 2 is 2.12 bits per heavy atom. The molecule has 0 saturated heterocycles. The lowest BCUT2D eigenvalue weighted by Gasteiger charge is -2.47. The standard InChI is InChI=1S/C17H17F2IN2O4/c18-17(19,20)12(23)25-8-14-3-10-4-15(11(10)5-14)7-16(15,6-14)26-13(24)22-2-1-21-9-22/h1-2,9-11H,3-8H2. The second-order valence-corrected chi connectivity index (χ2v) is 9.75. The van der Waals surface area contributed by atoms with E-state index in [2.05, 4.69) is 4.98 Å². The fourth-order valence-corrected chi connectivity index (χ4v) is 6.30. The predicted octanol–water partition coefficient (Wildman–Crippen LogP) is 3.39. The van der Waals surface area contributed by atoms with Crippen LogP contribution in [0.5, 0.6) is 0 Å². The van der Waals surface area contributed by atoms with Gasteiger partial charge in [0.25, 0.3) is 0 Å². The van der Waals surface area contributed by atoms with E-state index in [-0.39, 0.29) is 17.4 Å². The Kier molecular flexibility index (Phi) is 3.22. The Morgan fingerprint density at radius 3 is 2.81 bits per heavy atom. The number of halogens is 3. The van der Waals surface area contributed by atoms with Crippen LogP contribution in [0.2, 0.25) is 0 Å². The Balaban J connectivity index is 1.34. The van der Waals surface area contributed by atoms with Gasteiger partial charge in [0.05, 0.1) is 6.61 Å². The van der Waals surface area contributed by atoms with Crippen molar-refractivity contribution < 1.29 is 27.8 Å². The minimum absolute atomic E-state index is 0.0299. The first kappa shape index (κ1) is 16.9. The second-order valence-electron chi connectivity index (χ2n) is 8.39. The summed E-state index contributed by atoms with van der Waals surface area (Å²) in [5.41, 5.74) is -0.868. The molecule has 5 unspecified atom stereocenters. The van der Waals surface area contributed by atoms with E-state index in [1.807, 2.05) is 0 Å². The van der Waals surface area contributed by atoms with Crippen molar-refractivity contribution in [1.82, 2.24) is 9.55 Å². The molecule has 5 atom stereocenters. The number of esters is 1. The number of imidazole rings is 1. The Labute approximate surface area is 161 Å². The molecule has 9 heteroatoms. The number of rotatable bonds is 4. The van der Waals surface area contributed by atoms with Gasteiger partial charge in [-0.15, -0.1) is 0 Å². The summed E-state index contributed by atoms with van der Waals surface area (Å²) in [6.45, 7) is -0.0299. The van der Waals surface area contributed by atoms with Gasteiger partial charge in [-0.1, -0.05) is 0 Å². The first-order chi connectivity index (χ1) is 12.2. The van der Waals surface area contributed by atoms with Crippen LogP contribution in [0, 0.1) is 22.7 Å². The number of aromatic nitrogens is 2. The summed E-state index contributed by atoms with van der Waals surface area (Å²) < 4.78 is 34.9. The molecular weight excluding hydrogens is 461 g/mol. The van der Waals surface area contributed by atoms with Crippen molar-refractivity contribution in [3.8, 4) is 0 Å². The minimum Gasteiger partial charge on any atom is -0.460 e. The zero-order valence-electron chi connectivity index (χ0n) is 13.8. The Bertz CT molecular complexity index is 797. The number of hydrogen-bond donors (Lipinski definition) is 0. The molecule has 1 aromatic rings. The predicted molar refractivity (Wildman–Crippen MR) is 91.7 cm³/mol. The van der Waals surface area contributed by atoms with Crippen molar-refractivity contribution in [2.75, 3.05) is 6.61 Å². The van der Waals surface area contributed by atoms with Gasteiger partial charge in [0.2, 0.25) is 0 Å². The molecule has 4 fully saturated rings. The van der Waals surface area contributed by atoms with Crippen LogP contribution < -0.4 is 0 Å². The quantitative estimate of drug-likeness (QED) is 0.377. The van der Waals surface area contributed by atoms with Gasteiger partial charge in [0, 0.05) is 45.8 Å². The lowest BCUT2D eigenvalue weighted by Crippen LogP contribution is -2.47. The van der Waals surface area contributed by atoms with E-state index in [1.165, 1.54) is 23.3 Å². The molecule has 2 bridgehead atoms. The third-order valence-electron chi connectivity index (χ3n) is 7.04. The van der Waals surface area contributed by atoms with Gasteiger partial charge in [-0.3, -0.25) is 0 Å². The van der Waals surface area contributed by atoms with Crippen LogP contribution in [-0.2, 0) is 14.3 Å². The summed E-state index contributed by atoms with van der Waals surface area (Å²) in [5.74, 6) is -0.542. The number of hydrogen-bond acceptors (Lipinski definition) is 5. The van der Waals surface area contributed by atoms with E-state index in [0.29, 0.717) is 18.3 Å². The van der Waals surface area contributed by atoms with Crippen LogP contribution in [0.25, 0.3) is 0 Å². The number of nitrogens with zero attached hydrogens (tertiary/aromatic N) is 2. The van der Waals surface area contributed by atoms with Crippen LogP contribution in [0.1, 0.15) is 32.1 Å². The molecule has 1 spiro atoms. The van der Waals surface area contributed by atoms with Crippen LogP contribution in [0.4, 0.5) is 13.6 Å². The number of alkyl halides is 3. The van der Waals surface area contributed by atoms with E-state index < -0.39 is 21.6 Å². The molecule has 0 amide bonds. The molecule has 0 aliphatic heterocycles. The van der Waals surface area contributed by atoms with E-state index in [9.17, 15) is 18.4 Å². The molecule has 4 aliphatic rings. The third-order valence-corrected chi connectivity index (χ3v) is 7.48. The van der Waals surface area contributed by atoms with Crippen molar-refractivity contribution in [1.29, 1.82) is 0 Å². The Morgan fingerprint density at radius 1 is 1.31 bits per heavy atom. The summed E-state index contributed by atoms with van der Waals surface area (Å²) in [5, 5.41) is 0. The number of carbonyl (C=O) groups is 2. The average Bonchev–Trinajstić information content (AvgIpc) is 2.90. The van der Waals surface area contributed by atoms with Crippen LogP contribution >= 0.6 is 22.6 Å². The van der Waals surface area contributed by atoms with Gasteiger partial charge < -0.3 is 9.47 Å². The van der Waals surface area contributed by atoms with Crippen molar-refractivity contribution in [2.24, 2.45) is 22.7 Å². The molecule has 6 nitrogen and oxygen atoms in total. The minimum atomic E-state index is -3.52. The highest BCUT2D eigenvalue weighted by molar-refractivity contribution is 14.1. The fraction of sp³-hybridized carbons (Fsp3) is 0.706. The molecule has 4 aliphatic carbocycles. The van der Waals surface area contributed by atoms with Crippen molar-refractivity contribution in [3.05, 3.63) is 18.7 Å². The summed E-state index contributed by atoms with van der Waals surface area (Å²) in [6, 6.07) is 0. The van der Waals surface area contributed by atoms with Crippen molar-refractivity contribution >= 4 is 34.7 Å². The molecule has 140 valence electrons. The summed E-state index contributed by atoms with van der Waals surface area (Å²) in [4.78, 5) is 27.8. The lowest BCUT2D eigenvalue weighted by molar-refractivity contribution is -0.164. The van der Waals surface area contributed by atoms with Gasteiger partial charge in [0.1, 0.15) is 11.9 Å². The summed E-state index contributed by atoms with van der Waals surface area (Å²) in [6.07, 6.45) is 8.10. The molecule has 4 saturated carbocycles. The largest absolute Gasteiger partial charge is 0.460 e. The number of ether oxygens (including phenoxy) is 2. The van der Waals surface area contributed by atoms with E-state index >= 15 is 0 Å². The van der Waals surface area contributed by atoms with E-state index in [1.54, 1.807) is 0 Å². The van der Waals surface area contributed by atoms with Gasteiger partial charge in [0.15, 0.2) is 0 Å². The van der Waals surface area contributed by atoms with Crippen LogP contribution in [-0.4, -0.2) is 37.8 Å². The fourth-order valence-electron chi connectivity index (χ4n) is 6.15. The smallest absolute Gasteiger partial charge is 0.419 e. The van der Waals surface area contributed by atoms with Crippen LogP contribution in [0.15, 0.2) is 18.7 Å². The summed E-state index contributed by atoms with van der Waals surface area (Å²) in [7, 11) is 0. The first-order valence-electron chi connectivity index (χ1n) is 8.64. The second kappa shape index (κ2) is 4.96. The van der Waals surface area contributed by atoms with Gasteiger partial charge >= 0.3 is 16.0 Å². The zero-order chi connectivity index (χ0) is 18.4. The molecule has 0 N–H and O–H groups in total. The molecule has 0 aromatic carbocycles. The maximum Gasteiger partial charge on any atom is 0.419 e. The molecule has 26 heavy (non-hydrogen) atoms. The molecular formula is C17H17F2IN2O4. The first-order valence-corrected chi connectivity index (χ1v) is 9.72. The number of fused-ring (bicyclic) bond motifs is 1. The van der Waals surface area contributed by atoms with Gasteiger partial charge in [-0.05, 0) is 43.9 Å². The maximum absolute atomic E-state index is 13.1. The summed E-state index contributed by atoms with van der Waals surface area (Å²) >= 11 is 0.786. The molecule has 1 heterocycles. The lowest BCUT2D eigenvalue weighted by atomic mass is 9.60. The maximum atomic E-state index is 13.1. The average molecular weight is 478 g/mol. The topological polar surface area (TPSA) is 70.4 Å². The van der Waals surface area contributed by atoms with Crippen molar-refractivity contribution in [2.45, 2.75) is 41.6 Å².